The smallest absolute Gasteiger partial charge is 0.300 e. The van der Waals surface area contributed by atoms with E-state index in [-0.39, 0.29) is 21.7 Å². The van der Waals surface area contributed by atoms with Gasteiger partial charge in [0.15, 0.2) is 0 Å². The molecule has 1 aliphatic carbocycles. The zero-order chi connectivity index (χ0) is 15.5. The van der Waals surface area contributed by atoms with E-state index in [1.807, 2.05) is 0 Å². The van der Waals surface area contributed by atoms with Gasteiger partial charge in [-0.15, -0.1) is 0 Å². The Balaban J connectivity index is 2.05. The second-order valence-electron chi connectivity index (χ2n) is 5.32. The van der Waals surface area contributed by atoms with Crippen molar-refractivity contribution in [1.29, 1.82) is 0 Å². The number of amides is 1. The summed E-state index contributed by atoms with van der Waals surface area (Å²) in [6.45, 7) is 1.14. The fourth-order valence-corrected chi connectivity index (χ4v) is 2.50. The van der Waals surface area contributed by atoms with E-state index in [9.17, 15) is 14.9 Å². The number of nitrogens with one attached hydrogen (secondary N) is 1. The summed E-state index contributed by atoms with van der Waals surface area (Å²) >= 11 is 5.80. The maximum absolute atomic E-state index is 12.2. The second kappa shape index (κ2) is 6.41. The van der Waals surface area contributed by atoms with Gasteiger partial charge in [-0.25, -0.2) is 0 Å². The highest BCUT2D eigenvalue weighted by molar-refractivity contribution is 6.33. The van der Waals surface area contributed by atoms with Gasteiger partial charge < -0.3 is 10.1 Å². The normalized spacial score (nSPS) is 15.5. The Kier molecular flexibility index (Phi) is 4.80. The van der Waals surface area contributed by atoms with E-state index in [1.54, 1.807) is 7.11 Å². The van der Waals surface area contributed by atoms with E-state index in [2.05, 4.69) is 5.32 Å². The Hall–Kier alpha value is -1.66. The molecule has 0 radical (unpaired) electrons. The van der Waals surface area contributed by atoms with Gasteiger partial charge in [-0.2, -0.15) is 0 Å². The number of nitro groups is 1. The first-order valence-electron chi connectivity index (χ1n) is 6.69. The van der Waals surface area contributed by atoms with Crippen molar-refractivity contribution in [2.24, 2.45) is 5.41 Å². The lowest BCUT2D eigenvalue weighted by Crippen LogP contribution is -2.31. The van der Waals surface area contributed by atoms with E-state index < -0.39 is 10.8 Å². The molecule has 0 saturated heterocycles. The van der Waals surface area contributed by atoms with Gasteiger partial charge in [0.2, 0.25) is 0 Å². The number of carbonyl (C=O) groups is 1. The molecule has 114 valence electrons. The van der Waals surface area contributed by atoms with Crippen molar-refractivity contribution in [1.82, 2.24) is 5.32 Å². The van der Waals surface area contributed by atoms with Crippen LogP contribution in [-0.4, -0.2) is 31.1 Å². The van der Waals surface area contributed by atoms with Crippen LogP contribution in [0.3, 0.4) is 0 Å². The maximum Gasteiger partial charge on any atom is 0.300 e. The van der Waals surface area contributed by atoms with Crippen LogP contribution in [-0.2, 0) is 4.74 Å². The summed E-state index contributed by atoms with van der Waals surface area (Å²) in [6.07, 6.45) is 2.95. The molecule has 1 fully saturated rings. The summed E-state index contributed by atoms with van der Waals surface area (Å²) in [5, 5.41) is 13.8. The van der Waals surface area contributed by atoms with E-state index in [1.165, 1.54) is 18.2 Å². The SMILES string of the molecule is COCCC1(CNC(=O)c2cccc(Cl)c2[N+](=O)[O-])CC1. The molecule has 0 spiro atoms. The van der Waals surface area contributed by atoms with Gasteiger partial charge in [-0.3, -0.25) is 14.9 Å². The molecule has 1 N–H and O–H groups in total. The Morgan fingerprint density at radius 2 is 2.24 bits per heavy atom. The molecule has 1 amide bonds. The molecule has 1 saturated carbocycles. The molecule has 7 heteroatoms. The fraction of sp³-hybridized carbons (Fsp3) is 0.500. The van der Waals surface area contributed by atoms with Crippen molar-refractivity contribution in [2.75, 3.05) is 20.3 Å². The second-order valence-corrected chi connectivity index (χ2v) is 5.73. The van der Waals surface area contributed by atoms with E-state index in [4.69, 9.17) is 16.3 Å². The predicted molar refractivity (Wildman–Crippen MR) is 78.6 cm³/mol. The van der Waals surface area contributed by atoms with Gasteiger partial charge in [-0.1, -0.05) is 17.7 Å². The molecular formula is C14H17ClN2O4. The summed E-state index contributed by atoms with van der Waals surface area (Å²) in [5.74, 6) is -0.465. The number of hydrogen-bond acceptors (Lipinski definition) is 4. The van der Waals surface area contributed by atoms with Crippen LogP contribution in [0.25, 0.3) is 0 Å². The van der Waals surface area contributed by atoms with Crippen LogP contribution in [0.5, 0.6) is 0 Å². The number of ether oxygens (including phenoxy) is 1. The Morgan fingerprint density at radius 3 is 2.81 bits per heavy atom. The predicted octanol–water partition coefficient (Wildman–Crippen LogP) is 2.79. The lowest BCUT2D eigenvalue weighted by Gasteiger charge is -2.15. The third kappa shape index (κ3) is 3.71. The lowest BCUT2D eigenvalue weighted by molar-refractivity contribution is -0.385. The van der Waals surface area contributed by atoms with E-state index >= 15 is 0 Å². The van der Waals surface area contributed by atoms with Gasteiger partial charge in [0, 0.05) is 20.3 Å². The third-order valence-electron chi connectivity index (χ3n) is 3.83. The zero-order valence-corrected chi connectivity index (χ0v) is 12.5. The molecule has 6 nitrogen and oxygen atoms in total. The molecule has 0 aliphatic heterocycles. The minimum atomic E-state index is -0.630. The van der Waals surface area contributed by atoms with Crippen molar-refractivity contribution in [3.63, 3.8) is 0 Å². The van der Waals surface area contributed by atoms with Crippen LogP contribution in [0.4, 0.5) is 5.69 Å². The molecule has 1 aromatic carbocycles. The van der Waals surface area contributed by atoms with Gasteiger partial charge >= 0.3 is 5.69 Å². The van der Waals surface area contributed by atoms with Crippen LogP contribution >= 0.6 is 11.6 Å². The standard InChI is InChI=1S/C14H17ClN2O4/c1-21-8-7-14(5-6-14)9-16-13(18)10-3-2-4-11(15)12(10)17(19)20/h2-4H,5-9H2,1H3,(H,16,18). The quantitative estimate of drug-likeness (QED) is 0.620. The summed E-state index contributed by atoms with van der Waals surface area (Å²) in [7, 11) is 1.64. The molecule has 21 heavy (non-hydrogen) atoms. The molecule has 1 aliphatic rings. The summed E-state index contributed by atoms with van der Waals surface area (Å²) in [6, 6.07) is 4.34. The summed E-state index contributed by atoms with van der Waals surface area (Å²) in [4.78, 5) is 22.6. The minimum Gasteiger partial charge on any atom is -0.385 e. The molecule has 0 heterocycles. The van der Waals surface area contributed by atoms with E-state index in [0.29, 0.717) is 13.2 Å². The molecule has 0 unspecified atom stereocenters. The molecule has 0 bridgehead atoms. The van der Waals surface area contributed by atoms with Crippen molar-refractivity contribution < 1.29 is 14.5 Å². The van der Waals surface area contributed by atoms with Gasteiger partial charge in [0.25, 0.3) is 5.91 Å². The first kappa shape index (κ1) is 15.7. The number of rotatable bonds is 7. The van der Waals surface area contributed by atoms with Gasteiger partial charge in [-0.05, 0) is 36.8 Å². The van der Waals surface area contributed by atoms with Gasteiger partial charge in [0.05, 0.1) is 4.92 Å². The van der Waals surface area contributed by atoms with Crippen LogP contribution in [0, 0.1) is 15.5 Å². The Labute approximate surface area is 127 Å². The number of hydrogen-bond donors (Lipinski definition) is 1. The first-order chi connectivity index (χ1) is 9.99. The third-order valence-corrected chi connectivity index (χ3v) is 4.14. The topological polar surface area (TPSA) is 81.5 Å². The summed E-state index contributed by atoms with van der Waals surface area (Å²) < 4.78 is 5.06. The molecule has 2 rings (SSSR count). The largest absolute Gasteiger partial charge is 0.385 e. The number of halogens is 1. The van der Waals surface area contributed by atoms with Crippen LogP contribution in [0.1, 0.15) is 29.6 Å². The number of nitrogens with zero attached hydrogens (tertiary/aromatic N) is 1. The fourth-order valence-electron chi connectivity index (χ4n) is 2.26. The zero-order valence-electron chi connectivity index (χ0n) is 11.7. The first-order valence-corrected chi connectivity index (χ1v) is 7.07. The van der Waals surface area contributed by atoms with E-state index in [0.717, 1.165) is 19.3 Å². The highest BCUT2D eigenvalue weighted by atomic mass is 35.5. The van der Waals surface area contributed by atoms with Crippen molar-refractivity contribution in [3.05, 3.63) is 38.9 Å². The van der Waals surface area contributed by atoms with Crippen molar-refractivity contribution >= 4 is 23.2 Å². The van der Waals surface area contributed by atoms with Crippen LogP contribution in [0.15, 0.2) is 18.2 Å². The number of carbonyl (C=O) groups excluding carboxylic acids is 1. The lowest BCUT2D eigenvalue weighted by atomic mass is 10.0. The maximum atomic E-state index is 12.2. The average Bonchev–Trinajstić information content (AvgIpc) is 3.22. The number of methoxy groups -OCH3 is 1. The minimum absolute atomic E-state index is 0.00459. The highest BCUT2D eigenvalue weighted by Crippen LogP contribution is 2.48. The number of para-hydroxylation sites is 1. The molecule has 0 atom stereocenters. The van der Waals surface area contributed by atoms with Crippen LogP contribution in [0.2, 0.25) is 5.02 Å². The number of benzene rings is 1. The summed E-state index contributed by atoms with van der Waals surface area (Å²) in [5.41, 5.74) is -0.271. The average molecular weight is 313 g/mol. The Morgan fingerprint density at radius 1 is 1.52 bits per heavy atom. The van der Waals surface area contributed by atoms with Crippen molar-refractivity contribution in [3.8, 4) is 0 Å². The highest BCUT2D eigenvalue weighted by Gasteiger charge is 2.42. The molecule has 1 aromatic rings. The molecule has 0 aromatic heterocycles. The van der Waals surface area contributed by atoms with Crippen molar-refractivity contribution in [2.45, 2.75) is 19.3 Å². The molecular weight excluding hydrogens is 296 g/mol. The number of nitro benzene ring substituents is 1. The van der Waals surface area contributed by atoms with Crippen LogP contribution < -0.4 is 5.32 Å². The Bertz CT molecular complexity index is 558. The monoisotopic (exact) mass is 312 g/mol. The van der Waals surface area contributed by atoms with Gasteiger partial charge in [0.1, 0.15) is 10.6 Å².